The first-order valence-electron chi connectivity index (χ1n) is 18.5. The van der Waals surface area contributed by atoms with Crippen molar-refractivity contribution in [1.29, 1.82) is 0 Å². The molecule has 3 fully saturated rings. The zero-order chi connectivity index (χ0) is 36.7. The molecule has 276 valence electrons. The first-order valence-corrected chi connectivity index (χ1v) is 18.5. The number of carbonyl (C=O) groups is 1. The Morgan fingerprint density at radius 2 is 1.73 bits per heavy atom. The Hall–Kier alpha value is -4.07. The van der Waals surface area contributed by atoms with Gasteiger partial charge in [-0.1, -0.05) is 6.42 Å². The van der Waals surface area contributed by atoms with Crippen molar-refractivity contribution in [2.45, 2.75) is 121 Å². The molecule has 1 atom stereocenters. The number of aromatic nitrogens is 4. The molecule has 3 N–H and O–H groups in total. The highest BCUT2D eigenvalue weighted by molar-refractivity contribution is 6.08. The van der Waals surface area contributed by atoms with Crippen molar-refractivity contribution in [3.63, 3.8) is 0 Å². The zero-order valence-electron chi connectivity index (χ0n) is 30.4. The second kappa shape index (κ2) is 12.8. The van der Waals surface area contributed by atoms with E-state index in [1.807, 2.05) is 49.3 Å². The van der Waals surface area contributed by atoms with Crippen molar-refractivity contribution in [1.82, 2.24) is 29.7 Å². The number of carbonyl (C=O) groups excluding carboxylic acids is 1. The molecule has 10 nitrogen and oxygen atoms in total. The third-order valence-corrected chi connectivity index (χ3v) is 11.8. The van der Waals surface area contributed by atoms with Crippen LogP contribution >= 0.6 is 0 Å². The van der Waals surface area contributed by atoms with E-state index in [1.54, 1.807) is 19.4 Å². The molecule has 13 heteroatoms. The number of aliphatic hydroxyl groups is 1. The van der Waals surface area contributed by atoms with Gasteiger partial charge in [-0.05, 0) is 116 Å². The molecule has 1 amide bonds. The number of nitrogens with zero attached hydrogens (tertiary/aromatic N) is 6. The van der Waals surface area contributed by atoms with Crippen LogP contribution in [0.15, 0.2) is 36.8 Å². The van der Waals surface area contributed by atoms with Gasteiger partial charge in [-0.3, -0.25) is 15.1 Å². The number of hydrogen-bond acceptors (Lipinski definition) is 8. The average Bonchev–Trinajstić information content (AvgIpc) is 3.69. The fourth-order valence-corrected chi connectivity index (χ4v) is 8.29. The van der Waals surface area contributed by atoms with E-state index in [-0.39, 0.29) is 42.1 Å². The molecule has 5 heterocycles. The summed E-state index contributed by atoms with van der Waals surface area (Å²) < 4.78 is 45.0. The maximum Gasteiger partial charge on any atom is 0.256 e. The Bertz CT molecular complexity index is 2030. The van der Waals surface area contributed by atoms with Crippen LogP contribution < -0.4 is 15.5 Å². The number of amides is 1. The topological polar surface area (TPSA) is 111 Å². The Balaban J connectivity index is 1.15. The molecule has 1 aromatic carbocycles. The van der Waals surface area contributed by atoms with Gasteiger partial charge in [-0.15, -0.1) is 0 Å². The summed E-state index contributed by atoms with van der Waals surface area (Å²) in [4.78, 5) is 33.0. The molecule has 1 unspecified atom stereocenters. The van der Waals surface area contributed by atoms with E-state index >= 15 is 4.39 Å². The first-order chi connectivity index (χ1) is 24.8. The van der Waals surface area contributed by atoms with Crippen molar-refractivity contribution in [2.24, 2.45) is 0 Å². The number of halogens is 3. The van der Waals surface area contributed by atoms with Crippen molar-refractivity contribution < 1.29 is 23.1 Å². The third kappa shape index (κ3) is 5.85. The summed E-state index contributed by atoms with van der Waals surface area (Å²) in [5.74, 6) is -0.198. The molecule has 0 bridgehead atoms. The summed E-state index contributed by atoms with van der Waals surface area (Å²) in [6.07, 6.45) is 5.53. The highest BCUT2D eigenvalue weighted by Gasteiger charge is 2.53. The van der Waals surface area contributed by atoms with Crippen LogP contribution in [0.4, 0.5) is 30.4 Å². The lowest BCUT2D eigenvalue weighted by molar-refractivity contribution is -0.123. The van der Waals surface area contributed by atoms with E-state index in [9.17, 15) is 18.7 Å². The quantitative estimate of drug-likeness (QED) is 0.147. The van der Waals surface area contributed by atoms with Crippen molar-refractivity contribution in [2.75, 3.05) is 23.3 Å². The maximum atomic E-state index is 15.6. The standard InChI is InChI=1S/C39H47F3N8O2/c1-21(2)49-20-44-30-18-28(45-34(32(30)49)46-29-17-26(22(3)13-27(29)40)35(51)47-39(9-10-39)36(41)42)23-14-31-33(43-19-23)38(4,5)37(52)50(31)25-15-24(16-25)48-11-7-6-8-12-48/h13-14,17-21,24-25,35-36,47,51H,6-12,15-16H2,1-5H3,(H,45,46)/t24-,25+,35?. The lowest BCUT2D eigenvalue weighted by Crippen LogP contribution is -2.57. The Kier molecular flexibility index (Phi) is 8.62. The van der Waals surface area contributed by atoms with Gasteiger partial charge in [0.05, 0.1) is 45.6 Å². The fourth-order valence-electron chi connectivity index (χ4n) is 8.29. The molecule has 2 aliphatic carbocycles. The molecule has 2 aliphatic heterocycles. The van der Waals surface area contributed by atoms with Gasteiger partial charge in [-0.25, -0.2) is 23.1 Å². The monoisotopic (exact) mass is 716 g/mol. The number of aryl methyl sites for hydroxylation is 1. The van der Waals surface area contributed by atoms with Crippen LogP contribution in [-0.2, 0) is 10.2 Å². The van der Waals surface area contributed by atoms with Gasteiger partial charge in [0, 0.05) is 35.4 Å². The predicted molar refractivity (Wildman–Crippen MR) is 194 cm³/mol. The highest BCUT2D eigenvalue weighted by Crippen LogP contribution is 2.47. The summed E-state index contributed by atoms with van der Waals surface area (Å²) in [5, 5.41) is 16.8. The molecule has 4 aliphatic rings. The van der Waals surface area contributed by atoms with Crippen LogP contribution in [0.2, 0.25) is 0 Å². The molecule has 0 spiro atoms. The van der Waals surface area contributed by atoms with Gasteiger partial charge in [0.2, 0.25) is 5.91 Å². The van der Waals surface area contributed by atoms with Crippen LogP contribution in [0.5, 0.6) is 0 Å². The summed E-state index contributed by atoms with van der Waals surface area (Å²) in [5.41, 5.74) is 2.59. The molecular weight excluding hydrogens is 669 g/mol. The van der Waals surface area contributed by atoms with Crippen LogP contribution in [0.1, 0.15) is 102 Å². The summed E-state index contributed by atoms with van der Waals surface area (Å²) in [7, 11) is 0. The van der Waals surface area contributed by atoms with Crippen LogP contribution in [0, 0.1) is 12.7 Å². The maximum absolute atomic E-state index is 15.6. The SMILES string of the molecule is Cc1cc(F)c(Nc2nc(-c3cnc4c(c3)N([C@H]3C[C@@H](N5CCCCC5)C3)C(=O)C4(C)C)cc3ncn(C(C)C)c23)cc1C(O)NC1(C(F)F)CC1. The van der Waals surface area contributed by atoms with Gasteiger partial charge >= 0.3 is 0 Å². The summed E-state index contributed by atoms with van der Waals surface area (Å²) in [6.45, 7) is 11.8. The Morgan fingerprint density at radius 1 is 1.00 bits per heavy atom. The lowest BCUT2D eigenvalue weighted by Gasteiger charge is -2.47. The number of aliphatic hydroxyl groups excluding tert-OH is 1. The fraction of sp³-hybridized carbons (Fsp3) is 0.538. The summed E-state index contributed by atoms with van der Waals surface area (Å²) >= 11 is 0. The number of fused-ring (bicyclic) bond motifs is 2. The second-order valence-electron chi connectivity index (χ2n) is 16.1. The van der Waals surface area contributed by atoms with Crippen molar-refractivity contribution in [3.05, 3.63) is 59.4 Å². The van der Waals surface area contributed by atoms with Gasteiger partial charge in [0.1, 0.15) is 17.6 Å². The van der Waals surface area contributed by atoms with Gasteiger partial charge in [-0.2, -0.15) is 0 Å². The van der Waals surface area contributed by atoms with E-state index in [4.69, 9.17) is 9.97 Å². The largest absolute Gasteiger partial charge is 0.374 e. The molecular formula is C39H47F3N8O2. The van der Waals surface area contributed by atoms with Crippen molar-refractivity contribution >= 4 is 34.1 Å². The van der Waals surface area contributed by atoms with Crippen LogP contribution in [0.25, 0.3) is 22.3 Å². The number of rotatable bonds is 10. The number of piperidine rings is 1. The first kappa shape index (κ1) is 35.0. The molecule has 8 rings (SSSR count). The smallest absolute Gasteiger partial charge is 0.256 e. The minimum absolute atomic E-state index is 0.00595. The van der Waals surface area contributed by atoms with Crippen LogP contribution in [-0.4, -0.2) is 72.6 Å². The Morgan fingerprint density at radius 3 is 2.40 bits per heavy atom. The van der Waals surface area contributed by atoms with Gasteiger partial charge < -0.3 is 24.8 Å². The van der Waals surface area contributed by atoms with Gasteiger partial charge in [0.25, 0.3) is 6.43 Å². The molecule has 2 saturated carbocycles. The predicted octanol–water partition coefficient (Wildman–Crippen LogP) is 7.28. The number of nitrogens with one attached hydrogen (secondary N) is 2. The number of likely N-dealkylation sites (tertiary alicyclic amines) is 1. The number of hydrogen-bond donors (Lipinski definition) is 3. The number of benzene rings is 1. The van der Waals surface area contributed by atoms with E-state index in [0.29, 0.717) is 39.7 Å². The van der Waals surface area contributed by atoms with Crippen molar-refractivity contribution in [3.8, 4) is 11.3 Å². The van der Waals surface area contributed by atoms with Gasteiger partial charge in [0.15, 0.2) is 5.82 Å². The van der Waals surface area contributed by atoms with Crippen LogP contribution in [0.3, 0.4) is 0 Å². The highest BCUT2D eigenvalue weighted by atomic mass is 19.3. The number of pyridine rings is 2. The number of alkyl halides is 2. The zero-order valence-corrected chi connectivity index (χ0v) is 30.4. The average molecular weight is 717 g/mol. The third-order valence-electron chi connectivity index (χ3n) is 11.8. The minimum atomic E-state index is -2.63. The number of imidazole rings is 1. The number of anilines is 3. The van der Waals surface area contributed by atoms with E-state index in [0.717, 1.165) is 37.3 Å². The Labute approximate surface area is 301 Å². The molecule has 52 heavy (non-hydrogen) atoms. The lowest BCUT2D eigenvalue weighted by atomic mass is 9.83. The van der Waals surface area contributed by atoms with E-state index < -0.39 is 29.4 Å². The molecule has 3 aromatic heterocycles. The molecule has 1 saturated heterocycles. The van der Waals surface area contributed by atoms with E-state index in [1.165, 1.54) is 31.4 Å². The molecule has 4 aromatic rings. The van der Waals surface area contributed by atoms with E-state index in [2.05, 4.69) is 20.5 Å². The molecule has 0 radical (unpaired) electrons. The second-order valence-corrected chi connectivity index (χ2v) is 16.1. The summed E-state index contributed by atoms with van der Waals surface area (Å²) in [6, 6.07) is 7.18. The normalized spacial score (nSPS) is 23.0. The minimum Gasteiger partial charge on any atom is -0.374 e.